The predicted molar refractivity (Wildman–Crippen MR) is 290 cm³/mol. The Morgan fingerprint density at radius 3 is 1.92 bits per heavy atom. The van der Waals surface area contributed by atoms with E-state index in [-0.39, 0.29) is 31.5 Å². The van der Waals surface area contributed by atoms with E-state index in [2.05, 4.69) is 83.9 Å². The molecule has 1 aromatic rings. The maximum absolute atomic E-state index is 12.9. The molecule has 1 fully saturated rings. The summed E-state index contributed by atoms with van der Waals surface area (Å²) in [4.78, 5) is 61.9. The first-order chi connectivity index (χ1) is 36.1. The van der Waals surface area contributed by atoms with Crippen molar-refractivity contribution in [3.8, 4) is 0 Å². The van der Waals surface area contributed by atoms with Crippen molar-refractivity contribution in [2.45, 2.75) is 173 Å². The van der Waals surface area contributed by atoms with Gasteiger partial charge in [-0.3, -0.25) is 23.2 Å². The summed E-state index contributed by atoms with van der Waals surface area (Å²) in [5.74, 6) is -1.62. The van der Waals surface area contributed by atoms with Crippen LogP contribution in [0.2, 0.25) is 0 Å². The highest BCUT2D eigenvalue weighted by molar-refractivity contribution is 7.61. The monoisotopic (exact) mass is 1090 g/mol. The van der Waals surface area contributed by atoms with Gasteiger partial charge in [-0.1, -0.05) is 155 Å². The summed E-state index contributed by atoms with van der Waals surface area (Å²) in [5.41, 5.74) is 4.56. The van der Waals surface area contributed by atoms with Crippen LogP contribution in [0.4, 0.5) is 5.82 Å². The van der Waals surface area contributed by atoms with E-state index < -0.39 is 89.8 Å². The molecule has 2 heterocycles. The summed E-state index contributed by atoms with van der Waals surface area (Å²) < 4.78 is 56.5. The molecule has 3 unspecified atom stereocenters. The van der Waals surface area contributed by atoms with Crippen LogP contribution in [0.5, 0.6) is 0 Å². The molecule has 7 N–H and O–H groups in total. The number of anilines is 1. The molecule has 0 radical (unpaired) electrons. The summed E-state index contributed by atoms with van der Waals surface area (Å²) >= 11 is 0. The number of carbonyl (C=O) groups excluding carboxylic acids is 2. The van der Waals surface area contributed by atoms with Crippen LogP contribution in [0.15, 0.2) is 126 Å². The number of allylic oxidation sites excluding steroid dienone is 17. The topological polar surface area (TPSA) is 286 Å². The van der Waals surface area contributed by atoms with E-state index in [0.29, 0.717) is 12.8 Å². The van der Waals surface area contributed by atoms with Gasteiger partial charge in [0.1, 0.15) is 30.7 Å². The van der Waals surface area contributed by atoms with E-state index in [0.717, 1.165) is 55.7 Å². The van der Waals surface area contributed by atoms with E-state index in [1.165, 1.54) is 44.6 Å². The summed E-state index contributed by atoms with van der Waals surface area (Å²) in [6.45, 7) is 1.77. The molecule has 0 bridgehead atoms. The molecule has 0 spiro atoms. The molecular formula is C54H83N3O16P2. The highest BCUT2D eigenvalue weighted by Gasteiger charge is 2.46. The Morgan fingerprint density at radius 2 is 1.29 bits per heavy atom. The number of esters is 2. The second-order valence-electron chi connectivity index (χ2n) is 17.5. The van der Waals surface area contributed by atoms with Crippen LogP contribution < -0.4 is 11.4 Å². The lowest BCUT2D eigenvalue weighted by Gasteiger charge is -2.21. The zero-order valence-corrected chi connectivity index (χ0v) is 45.4. The summed E-state index contributed by atoms with van der Waals surface area (Å²) in [6.07, 6.45) is 43.5. The number of hydrogen-bond acceptors (Lipinski definition) is 16. The number of unbranched alkanes of at least 4 members (excludes halogenated alkanes) is 6. The molecule has 2 rings (SSSR count). The second kappa shape index (κ2) is 40.6. The van der Waals surface area contributed by atoms with Crippen molar-refractivity contribution in [1.82, 2.24) is 9.55 Å². The normalized spacial score (nSPS) is 20.1. The quantitative estimate of drug-likeness (QED) is 0.0117. The second-order valence-corrected chi connectivity index (χ2v) is 20.5. The summed E-state index contributed by atoms with van der Waals surface area (Å²) in [7, 11) is -11.0. The summed E-state index contributed by atoms with van der Waals surface area (Å²) in [5, 5.41) is 31.3. The minimum atomic E-state index is -5.50. The Bertz CT molecular complexity index is 2200. The minimum absolute atomic E-state index is 0.0440. The molecule has 1 aliphatic rings. The average Bonchev–Trinajstić information content (AvgIpc) is 3.64. The molecule has 1 saturated heterocycles. The number of carbonyl (C=O) groups is 2. The maximum atomic E-state index is 12.9. The van der Waals surface area contributed by atoms with Gasteiger partial charge in [-0.15, -0.1) is 0 Å². The van der Waals surface area contributed by atoms with Crippen LogP contribution in [0.3, 0.4) is 0 Å². The summed E-state index contributed by atoms with van der Waals surface area (Å²) in [6, 6.07) is 1.23. The van der Waals surface area contributed by atoms with Crippen LogP contribution in [-0.4, -0.2) is 96.9 Å². The van der Waals surface area contributed by atoms with Crippen LogP contribution in [0.25, 0.3) is 0 Å². The van der Waals surface area contributed by atoms with Crippen molar-refractivity contribution in [1.29, 1.82) is 0 Å². The van der Waals surface area contributed by atoms with Gasteiger partial charge in [0, 0.05) is 19.0 Å². The molecule has 0 aromatic carbocycles. The Kier molecular flexibility index (Phi) is 36.0. The van der Waals surface area contributed by atoms with E-state index in [1.54, 1.807) is 12.2 Å². The predicted octanol–water partition coefficient (Wildman–Crippen LogP) is 9.97. The number of aromatic nitrogens is 2. The first kappa shape index (κ1) is 66.5. The van der Waals surface area contributed by atoms with E-state index >= 15 is 0 Å². The number of hydrogen-bond donors (Lipinski definition) is 6. The van der Waals surface area contributed by atoms with Crippen LogP contribution in [-0.2, 0) is 46.3 Å². The molecule has 1 aromatic heterocycles. The number of phosphoric ester groups is 2. The first-order valence-electron chi connectivity index (χ1n) is 26.0. The molecule has 420 valence electrons. The molecular weight excluding hydrogens is 1010 g/mol. The van der Waals surface area contributed by atoms with Gasteiger partial charge in [-0.2, -0.15) is 9.29 Å². The maximum Gasteiger partial charge on any atom is 0.481 e. The molecule has 1 aliphatic heterocycles. The molecule has 21 heteroatoms. The van der Waals surface area contributed by atoms with Crippen LogP contribution >= 0.6 is 15.6 Å². The molecule has 0 aliphatic carbocycles. The van der Waals surface area contributed by atoms with Gasteiger partial charge in [0.15, 0.2) is 12.3 Å². The number of ether oxygens (including phenoxy) is 3. The zero-order chi connectivity index (χ0) is 55.0. The van der Waals surface area contributed by atoms with E-state index in [1.807, 2.05) is 36.5 Å². The third-order valence-electron chi connectivity index (χ3n) is 11.0. The standard InChI is InChI=1S/C54H83N3O16P2/c1-3-5-7-9-11-13-15-17-18-19-20-21-22-24-26-28-30-32-34-38-49(59)68-42-46(71-50(60)39-35-37-45(58)36-33-31-29-27-25-23-16-14-12-10-8-6-4-2)43-69-74(64,65)73-75(66,67)70-44-47-51(61)52(62)53(72-47)57-41-40-48(55)56-54(57)63/h5,7,11,13,17-18,20-21,23-26,29-33,36,40-41,45-47,51-53,58,61-62H,3-4,6,8-10,12,14-16,19,22,27-28,34-35,37-39,42-44H2,1-2H3,(H,64,65)(H,66,67)(H2,55,56,63)/b7-5-,13-11-,18-17-,21-20-,25-23+,26-24-,31-29+,32-30-,36-33+/t45?,46-,47-,51-,52-,53-/m1/s1. The molecule has 19 nitrogen and oxygen atoms in total. The van der Waals surface area contributed by atoms with Crippen LogP contribution in [0, 0.1) is 0 Å². The van der Waals surface area contributed by atoms with Crippen molar-refractivity contribution in [3.05, 3.63) is 132 Å². The van der Waals surface area contributed by atoms with Gasteiger partial charge in [0.25, 0.3) is 0 Å². The lowest BCUT2D eigenvalue weighted by molar-refractivity contribution is -0.161. The number of nitrogens with zero attached hydrogens (tertiary/aromatic N) is 2. The van der Waals surface area contributed by atoms with Crippen LogP contribution in [0.1, 0.15) is 142 Å². The number of nitrogens with two attached hydrogens (primary N) is 1. The van der Waals surface area contributed by atoms with Crippen molar-refractivity contribution in [2.75, 3.05) is 25.6 Å². The van der Waals surface area contributed by atoms with Gasteiger partial charge in [-0.05, 0) is 83.1 Å². The van der Waals surface area contributed by atoms with Crippen molar-refractivity contribution in [3.63, 3.8) is 0 Å². The lowest BCUT2D eigenvalue weighted by Crippen LogP contribution is -2.36. The highest BCUT2D eigenvalue weighted by atomic mass is 31.3. The SMILES string of the molecule is CC/C=C\C/C=C\C/C=C\C/C=C\C/C=C\C/C=C\CCC(=O)OC[C@H](COP(=O)(O)OP(=O)(O)OC[C@H]1O[C@@H](n2ccc(N)nc2=O)[C@H](O)[C@@H]1O)OC(=O)CCCC(O)/C=C/C=C/C/C=C/CCCCCCCC. The van der Waals surface area contributed by atoms with Gasteiger partial charge in [0.2, 0.25) is 0 Å². The lowest BCUT2D eigenvalue weighted by atomic mass is 10.1. The molecule has 75 heavy (non-hydrogen) atoms. The largest absolute Gasteiger partial charge is 0.481 e. The number of rotatable bonds is 41. The number of phosphoric acid groups is 2. The minimum Gasteiger partial charge on any atom is -0.462 e. The Balaban J connectivity index is 1.88. The number of aliphatic hydroxyl groups is 3. The van der Waals surface area contributed by atoms with Gasteiger partial charge in [0.05, 0.1) is 19.3 Å². The Labute approximate surface area is 443 Å². The van der Waals surface area contributed by atoms with Crippen molar-refractivity contribution in [2.24, 2.45) is 0 Å². The van der Waals surface area contributed by atoms with E-state index in [9.17, 15) is 48.6 Å². The fourth-order valence-corrected chi connectivity index (χ4v) is 9.05. The Hall–Kier alpha value is -4.62. The van der Waals surface area contributed by atoms with Crippen molar-refractivity contribution < 1.29 is 71.4 Å². The van der Waals surface area contributed by atoms with Gasteiger partial charge < -0.3 is 45.1 Å². The number of aliphatic hydroxyl groups excluding tert-OH is 3. The smallest absolute Gasteiger partial charge is 0.462 e. The zero-order valence-electron chi connectivity index (χ0n) is 43.7. The van der Waals surface area contributed by atoms with E-state index in [4.69, 9.17) is 29.0 Å². The first-order valence-corrected chi connectivity index (χ1v) is 29.0. The third kappa shape index (κ3) is 33.2. The fourth-order valence-electron chi connectivity index (χ4n) is 6.94. The van der Waals surface area contributed by atoms with Crippen molar-refractivity contribution >= 4 is 33.4 Å². The molecule has 0 saturated carbocycles. The third-order valence-corrected chi connectivity index (χ3v) is 13.6. The van der Waals surface area contributed by atoms with Gasteiger partial charge >= 0.3 is 33.3 Å². The Morgan fingerprint density at radius 1 is 0.720 bits per heavy atom. The fraction of sp³-hybridized carbons (Fsp3) is 0.556. The molecule has 8 atom stereocenters. The average molecular weight is 1090 g/mol. The number of nitrogen functional groups attached to an aromatic ring is 1. The molecule has 0 amide bonds. The van der Waals surface area contributed by atoms with Gasteiger partial charge in [-0.25, -0.2) is 13.9 Å². The highest BCUT2D eigenvalue weighted by Crippen LogP contribution is 2.60.